The third-order valence-electron chi connectivity index (χ3n) is 2.86. The number of aromatic nitrogens is 1. The van der Waals surface area contributed by atoms with Crippen LogP contribution in [0.4, 0.5) is 5.69 Å². The van der Waals surface area contributed by atoms with Crippen LogP contribution < -0.4 is 5.32 Å². The van der Waals surface area contributed by atoms with E-state index in [1.807, 2.05) is 19.1 Å². The fraction of sp³-hybridized carbons (Fsp3) is 0.143. The van der Waals surface area contributed by atoms with Crippen molar-refractivity contribution in [2.75, 3.05) is 5.32 Å². The summed E-state index contributed by atoms with van der Waals surface area (Å²) in [4.78, 5) is 26.0. The normalized spacial score (nSPS) is 10.3. The average Bonchev–Trinajstić information content (AvgIpc) is 2.73. The molecule has 0 bridgehead atoms. The van der Waals surface area contributed by atoms with Crippen molar-refractivity contribution >= 4 is 33.5 Å². The maximum Gasteiger partial charge on any atom is 0.354 e. The van der Waals surface area contributed by atoms with Crippen LogP contribution >= 0.6 is 15.9 Å². The van der Waals surface area contributed by atoms with Crippen molar-refractivity contribution in [2.24, 2.45) is 0 Å². The first-order valence-electron chi connectivity index (χ1n) is 5.89. The van der Waals surface area contributed by atoms with E-state index in [0.29, 0.717) is 11.3 Å². The molecular formula is C14H13BrN2O3. The standard InChI is InChI=1S/C14H13BrN2O3/c1-7-3-4-9(15)6-10(7)13(18)17-11-5-8(2)16-12(11)14(19)20/h3-6,16H,1-2H3,(H,17,18)(H,19,20). The van der Waals surface area contributed by atoms with Crippen molar-refractivity contribution in [3.8, 4) is 0 Å². The molecule has 1 aromatic heterocycles. The first-order valence-corrected chi connectivity index (χ1v) is 6.68. The number of rotatable bonds is 3. The Labute approximate surface area is 124 Å². The average molecular weight is 337 g/mol. The molecule has 0 unspecified atom stereocenters. The number of carbonyl (C=O) groups excluding carboxylic acids is 1. The maximum absolute atomic E-state index is 12.2. The van der Waals surface area contributed by atoms with Crippen LogP contribution in [0.5, 0.6) is 0 Å². The highest BCUT2D eigenvalue weighted by Gasteiger charge is 2.17. The first kappa shape index (κ1) is 14.3. The molecule has 5 nitrogen and oxygen atoms in total. The highest BCUT2D eigenvalue weighted by atomic mass is 79.9. The zero-order valence-corrected chi connectivity index (χ0v) is 12.5. The Morgan fingerprint density at radius 1 is 1.25 bits per heavy atom. The van der Waals surface area contributed by atoms with Crippen LogP contribution in [0, 0.1) is 13.8 Å². The van der Waals surface area contributed by atoms with Gasteiger partial charge < -0.3 is 15.4 Å². The molecule has 0 spiro atoms. The number of aryl methyl sites for hydroxylation is 2. The van der Waals surface area contributed by atoms with Crippen molar-refractivity contribution in [2.45, 2.75) is 13.8 Å². The zero-order chi connectivity index (χ0) is 14.9. The summed E-state index contributed by atoms with van der Waals surface area (Å²) in [7, 11) is 0. The topological polar surface area (TPSA) is 82.2 Å². The van der Waals surface area contributed by atoms with Gasteiger partial charge in [0.2, 0.25) is 0 Å². The lowest BCUT2D eigenvalue weighted by Crippen LogP contribution is -2.15. The summed E-state index contributed by atoms with van der Waals surface area (Å²) in [6, 6.07) is 6.95. The van der Waals surface area contributed by atoms with E-state index in [0.717, 1.165) is 10.0 Å². The summed E-state index contributed by atoms with van der Waals surface area (Å²) < 4.78 is 0.789. The van der Waals surface area contributed by atoms with Gasteiger partial charge in [-0.3, -0.25) is 4.79 Å². The third kappa shape index (κ3) is 2.91. The van der Waals surface area contributed by atoms with Gasteiger partial charge in [-0.25, -0.2) is 4.79 Å². The van der Waals surface area contributed by atoms with Gasteiger partial charge in [0.15, 0.2) is 0 Å². The van der Waals surface area contributed by atoms with Gasteiger partial charge in [0.05, 0.1) is 5.69 Å². The molecule has 1 aromatic carbocycles. The number of hydrogen-bond acceptors (Lipinski definition) is 2. The third-order valence-corrected chi connectivity index (χ3v) is 3.35. The van der Waals surface area contributed by atoms with Gasteiger partial charge in [-0.1, -0.05) is 22.0 Å². The van der Waals surface area contributed by atoms with Crippen molar-refractivity contribution in [1.82, 2.24) is 4.98 Å². The molecule has 0 saturated heterocycles. The number of aromatic amines is 1. The number of hydrogen-bond donors (Lipinski definition) is 3. The van der Waals surface area contributed by atoms with Crippen LogP contribution in [0.1, 0.15) is 32.1 Å². The monoisotopic (exact) mass is 336 g/mol. The van der Waals surface area contributed by atoms with Gasteiger partial charge in [0.1, 0.15) is 5.69 Å². The quantitative estimate of drug-likeness (QED) is 0.803. The second kappa shape index (κ2) is 5.50. The van der Waals surface area contributed by atoms with Gasteiger partial charge in [-0.2, -0.15) is 0 Å². The Kier molecular flexibility index (Phi) is 3.94. The number of halogens is 1. The molecule has 3 N–H and O–H groups in total. The van der Waals surface area contributed by atoms with Gasteiger partial charge in [0, 0.05) is 15.7 Å². The lowest BCUT2D eigenvalue weighted by molar-refractivity contribution is 0.0692. The predicted molar refractivity (Wildman–Crippen MR) is 79.3 cm³/mol. The SMILES string of the molecule is Cc1cc(NC(=O)c2cc(Br)ccc2C)c(C(=O)O)[nH]1. The Morgan fingerprint density at radius 2 is 1.95 bits per heavy atom. The van der Waals surface area contributed by atoms with E-state index >= 15 is 0 Å². The number of carbonyl (C=O) groups is 2. The summed E-state index contributed by atoms with van der Waals surface area (Å²) in [5, 5.41) is 11.7. The summed E-state index contributed by atoms with van der Waals surface area (Å²) >= 11 is 3.31. The van der Waals surface area contributed by atoms with E-state index in [1.54, 1.807) is 19.1 Å². The van der Waals surface area contributed by atoms with E-state index in [4.69, 9.17) is 5.11 Å². The molecule has 2 rings (SSSR count). The number of H-pyrrole nitrogens is 1. The number of carboxylic acids is 1. The minimum absolute atomic E-state index is 0.0245. The molecular weight excluding hydrogens is 324 g/mol. The highest BCUT2D eigenvalue weighted by molar-refractivity contribution is 9.10. The van der Waals surface area contributed by atoms with E-state index in [-0.39, 0.29) is 17.3 Å². The van der Waals surface area contributed by atoms with Crippen molar-refractivity contribution in [1.29, 1.82) is 0 Å². The summed E-state index contributed by atoms with van der Waals surface area (Å²) in [5.41, 5.74) is 2.22. The van der Waals surface area contributed by atoms with Crippen LogP contribution in [0.3, 0.4) is 0 Å². The molecule has 6 heteroatoms. The molecule has 0 radical (unpaired) electrons. The Hall–Kier alpha value is -2.08. The first-order chi connectivity index (χ1) is 9.38. The molecule has 104 valence electrons. The van der Waals surface area contributed by atoms with Crippen LogP contribution in [0.2, 0.25) is 0 Å². The van der Waals surface area contributed by atoms with Crippen molar-refractivity contribution < 1.29 is 14.7 Å². The number of amides is 1. The maximum atomic E-state index is 12.2. The molecule has 0 atom stereocenters. The van der Waals surface area contributed by atoms with Crippen LogP contribution in [0.25, 0.3) is 0 Å². The summed E-state index contributed by atoms with van der Waals surface area (Å²) in [5.74, 6) is -1.45. The number of aromatic carboxylic acids is 1. The lowest BCUT2D eigenvalue weighted by atomic mass is 10.1. The molecule has 1 heterocycles. The fourth-order valence-corrected chi connectivity index (χ4v) is 2.25. The molecule has 0 aliphatic carbocycles. The number of benzene rings is 1. The Bertz CT molecular complexity index is 692. The smallest absolute Gasteiger partial charge is 0.354 e. The second-order valence-electron chi connectivity index (χ2n) is 4.46. The van der Waals surface area contributed by atoms with Crippen LogP contribution in [-0.4, -0.2) is 22.0 Å². The van der Waals surface area contributed by atoms with Gasteiger partial charge in [-0.05, 0) is 37.6 Å². The minimum Gasteiger partial charge on any atom is -0.477 e. The fourth-order valence-electron chi connectivity index (χ4n) is 1.89. The molecule has 20 heavy (non-hydrogen) atoms. The highest BCUT2D eigenvalue weighted by Crippen LogP contribution is 2.20. The van der Waals surface area contributed by atoms with Crippen LogP contribution in [0.15, 0.2) is 28.7 Å². The molecule has 2 aromatic rings. The Balaban J connectivity index is 2.32. The largest absolute Gasteiger partial charge is 0.477 e. The van der Waals surface area contributed by atoms with E-state index in [2.05, 4.69) is 26.2 Å². The van der Waals surface area contributed by atoms with Crippen molar-refractivity contribution in [3.63, 3.8) is 0 Å². The molecule has 0 fully saturated rings. The molecule has 0 aliphatic rings. The number of anilines is 1. The molecule has 0 saturated carbocycles. The van der Waals surface area contributed by atoms with Gasteiger partial charge >= 0.3 is 5.97 Å². The van der Waals surface area contributed by atoms with Crippen LogP contribution in [-0.2, 0) is 0 Å². The lowest BCUT2D eigenvalue weighted by Gasteiger charge is -2.07. The number of nitrogens with one attached hydrogen (secondary N) is 2. The summed E-state index contributed by atoms with van der Waals surface area (Å²) in [6.45, 7) is 3.55. The van der Waals surface area contributed by atoms with Crippen molar-refractivity contribution in [3.05, 3.63) is 51.3 Å². The van der Waals surface area contributed by atoms with Gasteiger partial charge in [0.25, 0.3) is 5.91 Å². The second-order valence-corrected chi connectivity index (χ2v) is 5.38. The van der Waals surface area contributed by atoms with E-state index in [9.17, 15) is 9.59 Å². The minimum atomic E-state index is -1.11. The summed E-state index contributed by atoms with van der Waals surface area (Å²) in [6.07, 6.45) is 0. The number of carboxylic acid groups (broad SMARTS) is 1. The zero-order valence-electron chi connectivity index (χ0n) is 11.0. The molecule has 0 aliphatic heterocycles. The van der Waals surface area contributed by atoms with E-state index in [1.165, 1.54) is 0 Å². The Morgan fingerprint density at radius 3 is 2.60 bits per heavy atom. The predicted octanol–water partition coefficient (Wildman–Crippen LogP) is 3.34. The molecule has 1 amide bonds. The van der Waals surface area contributed by atoms with E-state index < -0.39 is 5.97 Å². The van der Waals surface area contributed by atoms with Gasteiger partial charge in [-0.15, -0.1) is 0 Å².